The number of carbonyl (C=O) groups excluding carboxylic acids is 2. The van der Waals surface area contributed by atoms with Crippen molar-refractivity contribution in [3.63, 3.8) is 0 Å². The lowest BCUT2D eigenvalue weighted by molar-refractivity contribution is -0.124. The molecule has 2 aromatic rings. The molecule has 2 amide bonds. The first-order chi connectivity index (χ1) is 12.4. The summed E-state index contributed by atoms with van der Waals surface area (Å²) in [6.45, 7) is 1.67. The van der Waals surface area contributed by atoms with E-state index in [9.17, 15) is 18.4 Å². The van der Waals surface area contributed by atoms with Crippen LogP contribution in [0.1, 0.15) is 18.9 Å². The third-order valence-corrected chi connectivity index (χ3v) is 5.33. The number of halogens is 2. The number of hydrogen-bond donors (Lipinski definition) is 2. The Labute approximate surface area is 154 Å². The molecule has 0 aliphatic carbocycles. The maximum Gasteiger partial charge on any atom is 0.238 e. The lowest BCUT2D eigenvalue weighted by atomic mass is 10.1. The number of para-hydroxylation sites is 1. The number of thioether (sulfide) groups is 1. The van der Waals surface area contributed by atoms with Crippen LogP contribution in [0.2, 0.25) is 0 Å². The van der Waals surface area contributed by atoms with E-state index in [-0.39, 0.29) is 30.2 Å². The molecule has 4 nitrogen and oxygen atoms in total. The lowest BCUT2D eigenvalue weighted by Gasteiger charge is -2.24. The number of anilines is 1. The first kappa shape index (κ1) is 18.4. The summed E-state index contributed by atoms with van der Waals surface area (Å²) < 4.78 is 27.4. The van der Waals surface area contributed by atoms with E-state index >= 15 is 0 Å². The molecule has 0 bridgehead atoms. The molecule has 2 aromatic carbocycles. The molecule has 136 valence electrons. The van der Waals surface area contributed by atoms with Gasteiger partial charge in [0, 0.05) is 22.9 Å². The van der Waals surface area contributed by atoms with Crippen molar-refractivity contribution in [2.75, 3.05) is 5.32 Å². The van der Waals surface area contributed by atoms with Crippen LogP contribution >= 0.6 is 11.8 Å². The lowest BCUT2D eigenvalue weighted by Crippen LogP contribution is -2.39. The Morgan fingerprint density at radius 2 is 1.88 bits per heavy atom. The third-order valence-electron chi connectivity index (χ3n) is 4.06. The van der Waals surface area contributed by atoms with Gasteiger partial charge in [0.1, 0.15) is 11.6 Å². The maximum atomic E-state index is 13.7. The Bertz CT molecular complexity index is 824. The topological polar surface area (TPSA) is 58.2 Å². The van der Waals surface area contributed by atoms with E-state index in [4.69, 9.17) is 0 Å². The van der Waals surface area contributed by atoms with E-state index in [2.05, 4.69) is 10.6 Å². The van der Waals surface area contributed by atoms with E-state index in [1.54, 1.807) is 6.92 Å². The van der Waals surface area contributed by atoms with Crippen molar-refractivity contribution in [2.24, 2.45) is 0 Å². The Morgan fingerprint density at radius 1 is 1.19 bits per heavy atom. The summed E-state index contributed by atoms with van der Waals surface area (Å²) >= 11 is 1.34. The summed E-state index contributed by atoms with van der Waals surface area (Å²) in [7, 11) is 0. The molecule has 0 radical (unpaired) electrons. The number of rotatable bonds is 5. The van der Waals surface area contributed by atoms with Gasteiger partial charge in [-0.05, 0) is 37.6 Å². The molecule has 3 rings (SSSR count). The van der Waals surface area contributed by atoms with Gasteiger partial charge in [0.15, 0.2) is 0 Å². The molecule has 0 aromatic heterocycles. The molecule has 1 aliphatic heterocycles. The molecular weight excluding hydrogens is 358 g/mol. The van der Waals surface area contributed by atoms with Gasteiger partial charge in [0.2, 0.25) is 11.8 Å². The average Bonchev–Trinajstić information content (AvgIpc) is 2.59. The predicted molar refractivity (Wildman–Crippen MR) is 97.0 cm³/mol. The highest BCUT2D eigenvalue weighted by Crippen LogP contribution is 2.36. The molecule has 1 heterocycles. The predicted octanol–water partition coefficient (Wildman–Crippen LogP) is 3.52. The van der Waals surface area contributed by atoms with Crippen LogP contribution in [0.3, 0.4) is 0 Å². The van der Waals surface area contributed by atoms with Crippen LogP contribution in [0.25, 0.3) is 0 Å². The van der Waals surface area contributed by atoms with Crippen molar-refractivity contribution in [2.45, 2.75) is 36.0 Å². The second kappa shape index (κ2) is 7.86. The van der Waals surface area contributed by atoms with Gasteiger partial charge in [-0.2, -0.15) is 0 Å². The highest BCUT2D eigenvalue weighted by molar-refractivity contribution is 8.01. The largest absolute Gasteiger partial charge is 0.353 e. The molecule has 2 atom stereocenters. The molecule has 7 heteroatoms. The number of benzene rings is 2. The second-order valence-corrected chi connectivity index (χ2v) is 7.41. The molecule has 0 fully saturated rings. The summed E-state index contributed by atoms with van der Waals surface area (Å²) in [5.41, 5.74) is 0.682. The van der Waals surface area contributed by atoms with Crippen molar-refractivity contribution in [1.82, 2.24) is 5.32 Å². The fraction of sp³-hybridized carbons (Fsp3) is 0.263. The van der Waals surface area contributed by atoms with Crippen molar-refractivity contribution in [3.05, 3.63) is 59.7 Å². The summed E-state index contributed by atoms with van der Waals surface area (Å²) in [6.07, 6.45) is 0.0337. The van der Waals surface area contributed by atoms with E-state index in [1.165, 1.54) is 30.0 Å². The van der Waals surface area contributed by atoms with Crippen molar-refractivity contribution in [1.29, 1.82) is 0 Å². The number of amides is 2. The Balaban J connectivity index is 1.58. The number of nitrogens with one attached hydrogen (secondary N) is 2. The first-order valence-electron chi connectivity index (χ1n) is 8.23. The maximum absolute atomic E-state index is 13.7. The average molecular weight is 376 g/mol. The highest BCUT2D eigenvalue weighted by Gasteiger charge is 2.29. The Hall–Kier alpha value is -2.41. The molecule has 2 N–H and O–H groups in total. The second-order valence-electron chi connectivity index (χ2n) is 6.17. The van der Waals surface area contributed by atoms with Gasteiger partial charge < -0.3 is 10.6 Å². The highest BCUT2D eigenvalue weighted by atomic mass is 32.2. The zero-order valence-electron chi connectivity index (χ0n) is 14.1. The van der Waals surface area contributed by atoms with Crippen LogP contribution in [0, 0.1) is 11.6 Å². The van der Waals surface area contributed by atoms with Crippen LogP contribution in [0.15, 0.2) is 47.4 Å². The molecule has 2 unspecified atom stereocenters. The molecule has 0 spiro atoms. The van der Waals surface area contributed by atoms with Crippen LogP contribution < -0.4 is 10.6 Å². The molecular formula is C19H18F2N2O2S. The zero-order chi connectivity index (χ0) is 18.7. The van der Waals surface area contributed by atoms with Crippen molar-refractivity contribution in [3.8, 4) is 0 Å². The quantitative estimate of drug-likeness (QED) is 0.840. The van der Waals surface area contributed by atoms with Gasteiger partial charge in [-0.15, -0.1) is 11.8 Å². The Kier molecular flexibility index (Phi) is 5.56. The van der Waals surface area contributed by atoms with Crippen LogP contribution in [-0.4, -0.2) is 23.1 Å². The van der Waals surface area contributed by atoms with Crippen molar-refractivity contribution < 1.29 is 18.4 Å². The zero-order valence-corrected chi connectivity index (χ0v) is 14.9. The normalized spacial score (nSPS) is 17.2. The fourth-order valence-corrected chi connectivity index (χ4v) is 3.92. The molecule has 26 heavy (non-hydrogen) atoms. The van der Waals surface area contributed by atoms with Crippen LogP contribution in [0.5, 0.6) is 0 Å². The van der Waals surface area contributed by atoms with Crippen molar-refractivity contribution >= 4 is 29.3 Å². The minimum absolute atomic E-state index is 0.00503. The van der Waals surface area contributed by atoms with E-state index in [1.807, 2.05) is 24.3 Å². The smallest absolute Gasteiger partial charge is 0.238 e. The molecule has 0 saturated carbocycles. The standard InChI is InChI=1S/C19H18F2N2O2S/c1-11(9-12-13(20)5-4-6-14(12)21)22-18(24)10-17-19(25)23-15-7-2-3-8-16(15)26-17/h2-8,11,17H,9-10H2,1H3,(H,22,24)(H,23,25). The van der Waals surface area contributed by atoms with E-state index in [0.717, 1.165) is 10.6 Å². The SMILES string of the molecule is CC(Cc1c(F)cccc1F)NC(=O)CC1Sc2ccccc2NC1=O. The number of hydrogen-bond acceptors (Lipinski definition) is 3. The molecule has 0 saturated heterocycles. The summed E-state index contributed by atoms with van der Waals surface area (Å²) in [4.78, 5) is 25.3. The van der Waals surface area contributed by atoms with Crippen LogP contribution in [-0.2, 0) is 16.0 Å². The van der Waals surface area contributed by atoms with Crippen LogP contribution in [0.4, 0.5) is 14.5 Å². The van der Waals surface area contributed by atoms with Gasteiger partial charge in [-0.25, -0.2) is 8.78 Å². The summed E-state index contributed by atoms with van der Waals surface area (Å²) in [6, 6.07) is 10.6. The van der Waals surface area contributed by atoms with Gasteiger partial charge in [0.05, 0.1) is 10.9 Å². The van der Waals surface area contributed by atoms with Gasteiger partial charge in [0.25, 0.3) is 0 Å². The summed E-state index contributed by atoms with van der Waals surface area (Å²) in [5.74, 6) is -1.83. The summed E-state index contributed by atoms with van der Waals surface area (Å²) in [5, 5.41) is 4.95. The minimum Gasteiger partial charge on any atom is -0.353 e. The van der Waals surface area contributed by atoms with Gasteiger partial charge in [-0.3, -0.25) is 9.59 Å². The Morgan fingerprint density at radius 3 is 2.62 bits per heavy atom. The van der Waals surface area contributed by atoms with Gasteiger partial charge >= 0.3 is 0 Å². The molecule has 1 aliphatic rings. The fourth-order valence-electron chi connectivity index (χ4n) is 2.81. The number of fused-ring (bicyclic) bond motifs is 1. The monoisotopic (exact) mass is 376 g/mol. The van der Waals surface area contributed by atoms with Gasteiger partial charge in [-0.1, -0.05) is 18.2 Å². The first-order valence-corrected chi connectivity index (χ1v) is 9.11. The van der Waals surface area contributed by atoms with E-state index < -0.39 is 22.9 Å². The number of carbonyl (C=O) groups is 2. The third kappa shape index (κ3) is 4.22. The van der Waals surface area contributed by atoms with E-state index in [0.29, 0.717) is 0 Å². The minimum atomic E-state index is -0.634.